The highest BCUT2D eigenvalue weighted by atomic mass is 14.3. The van der Waals surface area contributed by atoms with E-state index in [-0.39, 0.29) is 0 Å². The van der Waals surface area contributed by atoms with Crippen LogP contribution in [0.1, 0.15) is 42.9 Å². The van der Waals surface area contributed by atoms with Crippen LogP contribution in [0, 0.1) is 22.7 Å². The summed E-state index contributed by atoms with van der Waals surface area (Å²) < 4.78 is 0. The lowest BCUT2D eigenvalue weighted by atomic mass is 9.97. The molecule has 0 fully saturated rings. The van der Waals surface area contributed by atoms with Crippen molar-refractivity contribution >= 4 is 10.8 Å². The van der Waals surface area contributed by atoms with Crippen molar-refractivity contribution in [2.75, 3.05) is 0 Å². The standard InChI is InChI=1S/C17H16N2/c1-2-3-4-5-13-6-7-14-8-9-15(11-18)17(12-19)16(14)10-13/h6-10H,2-5H2,1H3. The zero-order valence-corrected chi connectivity index (χ0v) is 11.1. The van der Waals surface area contributed by atoms with Gasteiger partial charge in [0.1, 0.15) is 12.1 Å². The quantitative estimate of drug-likeness (QED) is 0.757. The Balaban J connectivity index is 2.46. The summed E-state index contributed by atoms with van der Waals surface area (Å²) in [4.78, 5) is 0. The van der Waals surface area contributed by atoms with Crippen LogP contribution in [0.2, 0.25) is 0 Å². The molecule has 0 amide bonds. The van der Waals surface area contributed by atoms with E-state index in [1.165, 1.54) is 24.8 Å². The summed E-state index contributed by atoms with van der Waals surface area (Å²) in [5, 5.41) is 20.2. The van der Waals surface area contributed by atoms with Gasteiger partial charge in [0.25, 0.3) is 0 Å². The zero-order valence-electron chi connectivity index (χ0n) is 11.1. The monoisotopic (exact) mass is 248 g/mol. The lowest BCUT2D eigenvalue weighted by Crippen LogP contribution is -1.90. The van der Waals surface area contributed by atoms with Crippen molar-refractivity contribution in [2.45, 2.75) is 32.6 Å². The van der Waals surface area contributed by atoms with E-state index in [1.54, 1.807) is 6.07 Å². The average Bonchev–Trinajstić information content (AvgIpc) is 2.46. The molecule has 0 atom stereocenters. The van der Waals surface area contributed by atoms with Crippen molar-refractivity contribution in [1.29, 1.82) is 10.5 Å². The highest BCUT2D eigenvalue weighted by molar-refractivity contribution is 5.90. The molecule has 19 heavy (non-hydrogen) atoms. The van der Waals surface area contributed by atoms with E-state index in [2.05, 4.69) is 31.2 Å². The number of hydrogen-bond acceptors (Lipinski definition) is 2. The summed E-state index contributed by atoms with van der Waals surface area (Å²) in [7, 11) is 0. The normalized spacial score (nSPS) is 10.1. The van der Waals surface area contributed by atoms with Crippen molar-refractivity contribution < 1.29 is 0 Å². The molecular weight excluding hydrogens is 232 g/mol. The Labute approximate surface area is 113 Å². The van der Waals surface area contributed by atoms with Gasteiger partial charge in [-0.3, -0.25) is 0 Å². The summed E-state index contributed by atoms with van der Waals surface area (Å²) in [5.74, 6) is 0. The van der Waals surface area contributed by atoms with Crippen molar-refractivity contribution in [2.24, 2.45) is 0 Å². The van der Waals surface area contributed by atoms with E-state index in [4.69, 9.17) is 5.26 Å². The van der Waals surface area contributed by atoms with E-state index in [0.717, 1.165) is 17.2 Å². The molecular formula is C17H16N2. The Morgan fingerprint density at radius 3 is 2.47 bits per heavy atom. The first-order valence-electron chi connectivity index (χ1n) is 6.66. The molecule has 0 radical (unpaired) electrons. The van der Waals surface area contributed by atoms with E-state index < -0.39 is 0 Å². The third-order valence-corrected chi connectivity index (χ3v) is 3.39. The third kappa shape index (κ3) is 2.75. The van der Waals surface area contributed by atoms with E-state index in [0.29, 0.717) is 11.1 Å². The van der Waals surface area contributed by atoms with Crippen LogP contribution in [-0.4, -0.2) is 0 Å². The molecule has 2 aromatic carbocycles. The predicted octanol–water partition coefficient (Wildman–Crippen LogP) is 4.32. The van der Waals surface area contributed by atoms with Crippen LogP contribution in [-0.2, 0) is 6.42 Å². The number of nitrogens with zero attached hydrogens (tertiary/aromatic N) is 2. The minimum Gasteiger partial charge on any atom is -0.192 e. The van der Waals surface area contributed by atoms with Gasteiger partial charge in [-0.05, 0) is 35.9 Å². The van der Waals surface area contributed by atoms with Gasteiger partial charge in [0.2, 0.25) is 0 Å². The Bertz CT molecular complexity index is 672. The third-order valence-electron chi connectivity index (χ3n) is 3.39. The molecule has 0 aromatic heterocycles. The van der Waals surface area contributed by atoms with Gasteiger partial charge in [0.05, 0.1) is 11.1 Å². The molecule has 2 aromatic rings. The number of fused-ring (bicyclic) bond motifs is 1. The zero-order chi connectivity index (χ0) is 13.7. The van der Waals surface area contributed by atoms with Gasteiger partial charge in [-0.25, -0.2) is 0 Å². The fourth-order valence-electron chi connectivity index (χ4n) is 2.32. The van der Waals surface area contributed by atoms with Gasteiger partial charge in [-0.1, -0.05) is 38.0 Å². The van der Waals surface area contributed by atoms with Crippen LogP contribution < -0.4 is 0 Å². The second-order valence-electron chi connectivity index (χ2n) is 4.72. The molecule has 0 N–H and O–H groups in total. The first kappa shape index (κ1) is 13.1. The van der Waals surface area contributed by atoms with Gasteiger partial charge in [-0.2, -0.15) is 10.5 Å². The molecule has 94 valence electrons. The number of unbranched alkanes of at least 4 members (excludes halogenated alkanes) is 2. The van der Waals surface area contributed by atoms with Crippen LogP contribution >= 0.6 is 0 Å². The van der Waals surface area contributed by atoms with Crippen molar-refractivity contribution in [3.63, 3.8) is 0 Å². The molecule has 0 aliphatic rings. The Kier molecular flexibility index (Phi) is 4.16. The second-order valence-corrected chi connectivity index (χ2v) is 4.72. The van der Waals surface area contributed by atoms with Crippen LogP contribution in [0.25, 0.3) is 10.8 Å². The van der Waals surface area contributed by atoms with Crippen LogP contribution in [0.5, 0.6) is 0 Å². The number of aryl methyl sites for hydroxylation is 1. The van der Waals surface area contributed by atoms with Crippen molar-refractivity contribution in [1.82, 2.24) is 0 Å². The fraction of sp³-hybridized carbons (Fsp3) is 0.294. The topological polar surface area (TPSA) is 47.6 Å². The molecule has 0 aliphatic carbocycles. The molecule has 2 heteroatoms. The lowest BCUT2D eigenvalue weighted by molar-refractivity contribution is 0.718. The highest BCUT2D eigenvalue weighted by Crippen LogP contribution is 2.23. The molecule has 0 bridgehead atoms. The SMILES string of the molecule is CCCCCc1ccc2ccc(C#N)c(C#N)c2c1. The summed E-state index contributed by atoms with van der Waals surface area (Å²) in [6, 6.07) is 14.1. The van der Waals surface area contributed by atoms with Gasteiger partial charge in [-0.15, -0.1) is 0 Å². The Hall–Kier alpha value is -2.32. The molecule has 0 spiro atoms. The molecule has 0 saturated heterocycles. The van der Waals surface area contributed by atoms with Gasteiger partial charge in [0.15, 0.2) is 0 Å². The maximum atomic E-state index is 9.25. The molecule has 0 saturated carbocycles. The molecule has 0 aliphatic heterocycles. The highest BCUT2D eigenvalue weighted by Gasteiger charge is 2.07. The second kappa shape index (κ2) is 6.03. The predicted molar refractivity (Wildman–Crippen MR) is 76.6 cm³/mol. The number of nitriles is 2. The van der Waals surface area contributed by atoms with Gasteiger partial charge in [0, 0.05) is 5.39 Å². The van der Waals surface area contributed by atoms with Gasteiger partial charge < -0.3 is 0 Å². The van der Waals surface area contributed by atoms with Crippen LogP contribution in [0.4, 0.5) is 0 Å². The minimum absolute atomic E-state index is 0.459. The van der Waals surface area contributed by atoms with E-state index in [1.807, 2.05) is 12.1 Å². The van der Waals surface area contributed by atoms with Gasteiger partial charge >= 0.3 is 0 Å². The van der Waals surface area contributed by atoms with Crippen LogP contribution in [0.3, 0.4) is 0 Å². The minimum atomic E-state index is 0.459. The first-order chi connectivity index (χ1) is 9.30. The smallest absolute Gasteiger partial charge is 0.101 e. The maximum absolute atomic E-state index is 9.25. The number of hydrogen-bond donors (Lipinski definition) is 0. The van der Waals surface area contributed by atoms with Crippen molar-refractivity contribution in [3.05, 3.63) is 47.0 Å². The Morgan fingerprint density at radius 2 is 1.79 bits per heavy atom. The summed E-state index contributed by atoms with van der Waals surface area (Å²) >= 11 is 0. The van der Waals surface area contributed by atoms with E-state index in [9.17, 15) is 5.26 Å². The number of benzene rings is 2. The Morgan fingerprint density at radius 1 is 1.00 bits per heavy atom. The molecule has 2 rings (SSSR count). The lowest BCUT2D eigenvalue weighted by Gasteiger charge is -2.06. The molecule has 2 nitrogen and oxygen atoms in total. The first-order valence-corrected chi connectivity index (χ1v) is 6.66. The van der Waals surface area contributed by atoms with Crippen molar-refractivity contribution in [3.8, 4) is 12.1 Å². The molecule has 0 heterocycles. The maximum Gasteiger partial charge on any atom is 0.101 e. The summed E-state index contributed by atoms with van der Waals surface area (Å²) in [5.41, 5.74) is 2.20. The largest absolute Gasteiger partial charge is 0.192 e. The van der Waals surface area contributed by atoms with Crippen LogP contribution in [0.15, 0.2) is 30.3 Å². The average molecular weight is 248 g/mol. The summed E-state index contributed by atoms with van der Waals surface area (Å²) in [6.07, 6.45) is 4.63. The van der Waals surface area contributed by atoms with E-state index >= 15 is 0 Å². The fourth-order valence-corrected chi connectivity index (χ4v) is 2.32. The summed E-state index contributed by atoms with van der Waals surface area (Å²) in [6.45, 7) is 2.19. The molecule has 0 unspecified atom stereocenters. The number of rotatable bonds is 4.